The van der Waals surface area contributed by atoms with Crippen LogP contribution < -0.4 is 0 Å². The zero-order valence-electron chi connectivity index (χ0n) is 12.4. The van der Waals surface area contributed by atoms with Crippen LogP contribution in [0.3, 0.4) is 0 Å². The molecule has 2 heterocycles. The molecular formula is C14H27N3O2. The van der Waals surface area contributed by atoms with Crippen LogP contribution in [0.5, 0.6) is 0 Å². The van der Waals surface area contributed by atoms with E-state index >= 15 is 0 Å². The molecule has 110 valence electrons. The van der Waals surface area contributed by atoms with E-state index in [0.717, 1.165) is 26.1 Å². The van der Waals surface area contributed by atoms with Gasteiger partial charge in [-0.05, 0) is 39.3 Å². The summed E-state index contributed by atoms with van der Waals surface area (Å²) in [6.07, 6.45) is 2.65. The van der Waals surface area contributed by atoms with E-state index < -0.39 is 0 Å². The van der Waals surface area contributed by atoms with Crippen LogP contribution in [0.2, 0.25) is 0 Å². The average molecular weight is 269 g/mol. The van der Waals surface area contributed by atoms with Gasteiger partial charge in [0.05, 0.1) is 6.10 Å². The van der Waals surface area contributed by atoms with Gasteiger partial charge in [-0.25, -0.2) is 4.79 Å². The number of aliphatic hydroxyl groups excluding tert-OH is 1. The summed E-state index contributed by atoms with van der Waals surface area (Å²) in [7, 11) is 4.02. The Balaban J connectivity index is 1.99. The maximum atomic E-state index is 12.6. The normalized spacial score (nSPS) is 32.2. The lowest BCUT2D eigenvalue weighted by atomic mass is 10.0. The number of likely N-dealkylation sites (N-methyl/N-ethyl adjacent to an activating group) is 1. The van der Waals surface area contributed by atoms with Crippen molar-refractivity contribution in [3.8, 4) is 0 Å². The fourth-order valence-electron chi connectivity index (χ4n) is 3.27. The second kappa shape index (κ2) is 6.09. The molecular weight excluding hydrogens is 242 g/mol. The lowest BCUT2D eigenvalue weighted by molar-refractivity contribution is 0.117. The molecule has 0 radical (unpaired) electrons. The third-order valence-electron chi connectivity index (χ3n) is 4.14. The second-order valence-electron chi connectivity index (χ2n) is 6.43. The molecule has 0 saturated carbocycles. The van der Waals surface area contributed by atoms with Gasteiger partial charge in [0.15, 0.2) is 0 Å². The topological polar surface area (TPSA) is 47.0 Å². The minimum atomic E-state index is -0.365. The number of carbonyl (C=O) groups is 1. The lowest BCUT2D eigenvalue weighted by Crippen LogP contribution is -2.50. The van der Waals surface area contributed by atoms with Gasteiger partial charge in [0.2, 0.25) is 0 Å². The van der Waals surface area contributed by atoms with Crippen molar-refractivity contribution in [3.63, 3.8) is 0 Å². The molecule has 2 fully saturated rings. The highest BCUT2D eigenvalue weighted by atomic mass is 16.3. The summed E-state index contributed by atoms with van der Waals surface area (Å²) in [6.45, 7) is 5.24. The Morgan fingerprint density at radius 3 is 2.74 bits per heavy atom. The molecule has 0 aromatic heterocycles. The van der Waals surface area contributed by atoms with E-state index in [2.05, 4.69) is 11.8 Å². The molecule has 1 N–H and O–H groups in total. The minimum Gasteiger partial charge on any atom is -0.391 e. The first-order valence-corrected chi connectivity index (χ1v) is 7.35. The first kappa shape index (κ1) is 14.6. The van der Waals surface area contributed by atoms with Gasteiger partial charge in [0.25, 0.3) is 0 Å². The molecule has 2 saturated heterocycles. The Labute approximate surface area is 116 Å². The van der Waals surface area contributed by atoms with Crippen LogP contribution in [0, 0.1) is 5.92 Å². The number of hydrogen-bond donors (Lipinski definition) is 1. The SMILES string of the molecule is CC1CCCN(C(=O)N2CC(O)CC2CN(C)C)C1. The van der Waals surface area contributed by atoms with E-state index in [-0.39, 0.29) is 18.2 Å². The average Bonchev–Trinajstić information content (AvgIpc) is 2.68. The number of β-amino-alcohol motifs (C(OH)–C–C–N with tert-alkyl or cyclic N) is 1. The van der Waals surface area contributed by atoms with Gasteiger partial charge in [-0.1, -0.05) is 6.92 Å². The summed E-state index contributed by atoms with van der Waals surface area (Å²) in [5.41, 5.74) is 0. The van der Waals surface area contributed by atoms with Gasteiger partial charge in [-0.15, -0.1) is 0 Å². The fraction of sp³-hybridized carbons (Fsp3) is 0.929. The number of likely N-dealkylation sites (tertiary alicyclic amines) is 2. The number of carbonyl (C=O) groups excluding carboxylic acids is 1. The number of hydrogen-bond acceptors (Lipinski definition) is 3. The van der Waals surface area contributed by atoms with Crippen molar-refractivity contribution in [1.82, 2.24) is 14.7 Å². The van der Waals surface area contributed by atoms with Crippen molar-refractivity contribution in [2.24, 2.45) is 5.92 Å². The molecule has 0 aromatic rings. The molecule has 2 rings (SSSR count). The number of aliphatic hydroxyl groups is 1. The number of rotatable bonds is 2. The molecule has 2 aliphatic rings. The minimum absolute atomic E-state index is 0.120. The molecule has 0 aliphatic carbocycles. The Kier molecular flexibility index (Phi) is 4.68. The molecule has 5 heteroatoms. The summed E-state index contributed by atoms with van der Waals surface area (Å²) in [4.78, 5) is 18.5. The third kappa shape index (κ3) is 3.60. The molecule has 2 amide bonds. The zero-order valence-corrected chi connectivity index (χ0v) is 12.4. The van der Waals surface area contributed by atoms with Crippen LogP contribution in [-0.2, 0) is 0 Å². The van der Waals surface area contributed by atoms with Crippen molar-refractivity contribution in [2.75, 3.05) is 40.3 Å². The Hall–Kier alpha value is -0.810. The van der Waals surface area contributed by atoms with Crippen LogP contribution in [0.15, 0.2) is 0 Å². The lowest BCUT2D eigenvalue weighted by Gasteiger charge is -2.36. The molecule has 3 atom stereocenters. The molecule has 0 spiro atoms. The Bertz CT molecular complexity index is 322. The number of urea groups is 1. The highest BCUT2D eigenvalue weighted by Gasteiger charge is 2.37. The van der Waals surface area contributed by atoms with Crippen LogP contribution in [0.4, 0.5) is 4.79 Å². The van der Waals surface area contributed by atoms with Crippen molar-refractivity contribution in [3.05, 3.63) is 0 Å². The smallest absolute Gasteiger partial charge is 0.320 e. The quantitative estimate of drug-likeness (QED) is 0.808. The van der Waals surface area contributed by atoms with Gasteiger partial charge >= 0.3 is 6.03 Å². The Morgan fingerprint density at radius 1 is 1.37 bits per heavy atom. The van der Waals surface area contributed by atoms with Crippen LogP contribution in [-0.4, -0.2) is 78.3 Å². The summed E-state index contributed by atoms with van der Waals surface area (Å²) >= 11 is 0. The van der Waals surface area contributed by atoms with Crippen LogP contribution in [0.25, 0.3) is 0 Å². The third-order valence-corrected chi connectivity index (χ3v) is 4.14. The van der Waals surface area contributed by atoms with Gasteiger partial charge in [0.1, 0.15) is 0 Å². The first-order valence-electron chi connectivity index (χ1n) is 7.35. The predicted octanol–water partition coefficient (Wildman–Crippen LogP) is 0.835. The van der Waals surface area contributed by atoms with Crippen molar-refractivity contribution >= 4 is 6.03 Å². The van der Waals surface area contributed by atoms with E-state index in [9.17, 15) is 9.90 Å². The summed E-state index contributed by atoms with van der Waals surface area (Å²) in [6, 6.07) is 0.268. The number of piperidine rings is 1. The van der Waals surface area contributed by atoms with Gasteiger partial charge in [-0.2, -0.15) is 0 Å². The molecule has 5 nitrogen and oxygen atoms in total. The molecule has 0 bridgehead atoms. The van der Waals surface area contributed by atoms with Gasteiger partial charge < -0.3 is 19.8 Å². The van der Waals surface area contributed by atoms with E-state index in [1.165, 1.54) is 6.42 Å². The molecule has 0 aromatic carbocycles. The molecule has 19 heavy (non-hydrogen) atoms. The van der Waals surface area contributed by atoms with Crippen molar-refractivity contribution < 1.29 is 9.90 Å². The van der Waals surface area contributed by atoms with Crippen LogP contribution >= 0.6 is 0 Å². The van der Waals surface area contributed by atoms with E-state index in [0.29, 0.717) is 18.9 Å². The Morgan fingerprint density at radius 2 is 2.11 bits per heavy atom. The van der Waals surface area contributed by atoms with Crippen molar-refractivity contribution in [1.29, 1.82) is 0 Å². The second-order valence-corrected chi connectivity index (χ2v) is 6.43. The van der Waals surface area contributed by atoms with E-state index in [1.54, 1.807) is 0 Å². The highest BCUT2D eigenvalue weighted by Crippen LogP contribution is 2.23. The maximum absolute atomic E-state index is 12.6. The van der Waals surface area contributed by atoms with Crippen molar-refractivity contribution in [2.45, 2.75) is 38.3 Å². The monoisotopic (exact) mass is 269 g/mol. The predicted molar refractivity (Wildman–Crippen MR) is 75.0 cm³/mol. The summed E-state index contributed by atoms with van der Waals surface area (Å²) < 4.78 is 0. The molecule has 2 aliphatic heterocycles. The maximum Gasteiger partial charge on any atom is 0.320 e. The summed E-state index contributed by atoms with van der Waals surface area (Å²) in [5, 5.41) is 9.85. The highest BCUT2D eigenvalue weighted by molar-refractivity contribution is 5.75. The summed E-state index contributed by atoms with van der Waals surface area (Å²) in [5.74, 6) is 0.595. The fourth-order valence-corrected chi connectivity index (χ4v) is 3.27. The van der Waals surface area contributed by atoms with Gasteiger partial charge in [-0.3, -0.25) is 0 Å². The standard InChI is InChI=1S/C14H27N3O2/c1-11-5-4-6-16(8-11)14(19)17-10-13(18)7-12(17)9-15(2)3/h11-13,18H,4-10H2,1-3H3. The number of nitrogens with zero attached hydrogens (tertiary/aromatic N) is 3. The van der Waals surface area contributed by atoms with Gasteiger partial charge in [0, 0.05) is 32.2 Å². The van der Waals surface area contributed by atoms with E-state index in [4.69, 9.17) is 0 Å². The zero-order chi connectivity index (χ0) is 14.0. The molecule has 3 unspecified atom stereocenters. The first-order chi connectivity index (χ1) is 8.97. The van der Waals surface area contributed by atoms with Crippen LogP contribution in [0.1, 0.15) is 26.2 Å². The van der Waals surface area contributed by atoms with E-state index in [1.807, 2.05) is 23.9 Å². The number of amides is 2. The largest absolute Gasteiger partial charge is 0.391 e.